The highest BCUT2D eigenvalue weighted by Gasteiger charge is 2.56. The van der Waals surface area contributed by atoms with Crippen LogP contribution in [0.2, 0.25) is 0 Å². The topological polar surface area (TPSA) is 329 Å². The van der Waals surface area contributed by atoms with E-state index in [1.54, 1.807) is 10.8 Å². The number of aliphatic carboxylic acids is 2. The van der Waals surface area contributed by atoms with Crippen LogP contribution < -0.4 is 39.6 Å². The molecule has 0 aromatic carbocycles. The Labute approximate surface area is 413 Å². The van der Waals surface area contributed by atoms with Gasteiger partial charge in [0, 0.05) is 59.1 Å². The van der Waals surface area contributed by atoms with Gasteiger partial charge in [-0.3, -0.25) is 29.0 Å². The Kier molecular flexibility index (Phi) is 18.5. The summed E-state index contributed by atoms with van der Waals surface area (Å²) in [5.74, 6) is -3.77. The van der Waals surface area contributed by atoms with E-state index in [2.05, 4.69) is 45.0 Å². The van der Waals surface area contributed by atoms with E-state index in [9.17, 15) is 39.0 Å². The summed E-state index contributed by atoms with van der Waals surface area (Å²) >= 11 is 5.18. The molecule has 29 heteroatoms. The lowest BCUT2D eigenvalue weighted by molar-refractivity contribution is -0.893. The van der Waals surface area contributed by atoms with Crippen LogP contribution in [0.3, 0.4) is 0 Å². The monoisotopic (exact) mass is 1050 g/mol. The molecule has 2 aromatic heterocycles. The quantitative estimate of drug-likeness (QED) is 0.0514. The van der Waals surface area contributed by atoms with Crippen LogP contribution in [0, 0.1) is 0 Å². The van der Waals surface area contributed by atoms with Crippen LogP contribution >= 0.6 is 58.6 Å². The zero-order valence-corrected chi connectivity index (χ0v) is 41.6. The Morgan fingerprint density at radius 3 is 1.48 bits per heavy atom. The molecule has 6 aliphatic rings. The molecule has 0 saturated carbocycles. The number of carbonyl (C=O) groups is 6. The summed E-state index contributed by atoms with van der Waals surface area (Å²) in [6, 6.07) is -1.75. The number of nitrogens with one attached hydrogen (secondary N) is 2. The summed E-state index contributed by atoms with van der Waals surface area (Å²) in [6.45, 7) is 5.14. The van der Waals surface area contributed by atoms with Crippen LogP contribution in [0.4, 0.5) is 10.3 Å². The van der Waals surface area contributed by atoms with Gasteiger partial charge in [0.1, 0.15) is 67.2 Å². The number of thioether (sulfide) groups is 2. The summed E-state index contributed by atoms with van der Waals surface area (Å²) < 4.78 is 1.54. The number of hydrogen-bond acceptors (Lipinski definition) is 19. The van der Waals surface area contributed by atoms with Crippen molar-refractivity contribution in [3.8, 4) is 0 Å². The maximum Gasteiger partial charge on any atom is 0.352 e. The SMILES string of the molecule is CO/N=C(\C(=O)N[C@@H]1C(=O)N2C(C(=O)O)=C(C[N+]3(C)CCCC3)CS[C@H]12)c1csc(N)n1.CO/N=C(\C(=O)N[C@@H]1C(=O)N2C(C(=O)[O-])=C(C[N+]3(C)CCCC3)CS[C@H]12)c1csc(N)n1.Cl.O.[Cl-]. The minimum absolute atomic E-state index is 0. The molecule has 0 spiro atoms. The van der Waals surface area contributed by atoms with E-state index in [-0.39, 0.29) is 74.8 Å². The summed E-state index contributed by atoms with van der Waals surface area (Å²) in [6.07, 6.45) is 4.45. The van der Waals surface area contributed by atoms with Crippen molar-refractivity contribution >= 4 is 116 Å². The summed E-state index contributed by atoms with van der Waals surface area (Å²) in [7, 11) is 6.81. The Bertz CT molecular complexity index is 2210. The molecule has 0 bridgehead atoms. The number of likely N-dealkylation sites (N-methyl/N-ethyl adjacent to an activating group) is 2. The second-order valence-corrected chi connectivity index (χ2v) is 20.5. The number of halogens is 2. The molecule has 4 saturated heterocycles. The van der Waals surface area contributed by atoms with E-state index in [0.29, 0.717) is 30.2 Å². The number of thiazole rings is 2. The van der Waals surface area contributed by atoms with E-state index in [4.69, 9.17) is 21.1 Å². The molecule has 67 heavy (non-hydrogen) atoms. The van der Waals surface area contributed by atoms with Crippen molar-refractivity contribution in [2.24, 2.45) is 10.3 Å². The van der Waals surface area contributed by atoms with Crippen molar-refractivity contribution in [3.05, 3.63) is 44.7 Å². The lowest BCUT2D eigenvalue weighted by Gasteiger charge is -2.51. The van der Waals surface area contributed by atoms with Crippen LogP contribution in [0.25, 0.3) is 0 Å². The highest BCUT2D eigenvalue weighted by molar-refractivity contribution is 8.00. The van der Waals surface area contributed by atoms with Crippen LogP contribution in [-0.4, -0.2) is 188 Å². The zero-order chi connectivity index (χ0) is 46.1. The fourth-order valence-electron chi connectivity index (χ4n) is 8.84. The van der Waals surface area contributed by atoms with Gasteiger partial charge in [-0.2, -0.15) is 0 Å². The maximum atomic E-state index is 12.9. The fourth-order valence-corrected chi connectivity index (χ4v) is 12.6. The smallest absolute Gasteiger partial charge is 0.352 e. The van der Waals surface area contributed by atoms with Gasteiger partial charge in [-0.15, -0.1) is 58.6 Å². The average Bonchev–Trinajstić information content (AvgIpc) is 4.09. The Hall–Kier alpha value is -4.74. The second kappa shape index (κ2) is 22.6. The van der Waals surface area contributed by atoms with E-state index < -0.39 is 58.4 Å². The number of carbonyl (C=O) groups excluding carboxylic acids is 5. The van der Waals surface area contributed by atoms with E-state index in [1.165, 1.54) is 47.5 Å². The molecule has 0 aliphatic carbocycles. The lowest BCUT2D eigenvalue weighted by atomic mass is 10.0. The first-order chi connectivity index (χ1) is 30.5. The van der Waals surface area contributed by atoms with Gasteiger partial charge >= 0.3 is 5.97 Å². The molecule has 368 valence electrons. The number of carboxylic acid groups (broad SMARTS) is 2. The Morgan fingerprint density at radius 2 is 1.15 bits per heavy atom. The van der Waals surface area contributed by atoms with Crippen molar-refractivity contribution in [1.29, 1.82) is 0 Å². The number of quaternary nitrogens is 2. The van der Waals surface area contributed by atoms with Gasteiger partial charge in [0.05, 0.1) is 51.9 Å². The molecule has 8 rings (SSSR count). The van der Waals surface area contributed by atoms with Crippen molar-refractivity contribution in [2.75, 3.05) is 90.6 Å². The number of likely N-dealkylation sites (tertiary alicyclic amines) is 2. The van der Waals surface area contributed by atoms with Crippen molar-refractivity contribution in [2.45, 2.75) is 48.5 Å². The number of carboxylic acids is 2. The Morgan fingerprint density at radius 1 is 0.776 bits per heavy atom. The second-order valence-electron chi connectivity index (χ2n) is 16.5. The molecule has 0 radical (unpaired) electrons. The van der Waals surface area contributed by atoms with Crippen LogP contribution in [0.15, 0.2) is 43.6 Å². The van der Waals surface area contributed by atoms with Gasteiger partial charge in [-0.25, -0.2) is 14.8 Å². The molecule has 4 amide bonds. The highest BCUT2D eigenvalue weighted by Crippen LogP contribution is 2.42. The fraction of sp³-hybridized carbons (Fsp3) is 0.526. The normalized spacial score (nSPS) is 23.6. The number of anilines is 2. The molecule has 8 heterocycles. The van der Waals surface area contributed by atoms with E-state index in [1.807, 2.05) is 0 Å². The van der Waals surface area contributed by atoms with Crippen LogP contribution in [0.5, 0.6) is 0 Å². The number of rotatable bonds is 14. The molecular weight excluding hydrogens is 1000 g/mol. The van der Waals surface area contributed by atoms with Crippen molar-refractivity contribution < 1.29 is 75.5 Å². The molecule has 6 aliphatic heterocycles. The highest BCUT2D eigenvalue weighted by atomic mass is 35.5. The van der Waals surface area contributed by atoms with Crippen molar-refractivity contribution in [3.63, 3.8) is 0 Å². The molecule has 9 N–H and O–H groups in total. The van der Waals surface area contributed by atoms with Gasteiger partial charge < -0.3 is 73.6 Å². The first-order valence-corrected chi connectivity index (χ1v) is 24.1. The minimum atomic E-state index is -1.37. The van der Waals surface area contributed by atoms with Gasteiger partial charge in [0.15, 0.2) is 21.7 Å². The maximum absolute atomic E-state index is 12.9. The van der Waals surface area contributed by atoms with E-state index in [0.717, 1.165) is 89.1 Å². The molecule has 23 nitrogen and oxygen atoms in total. The van der Waals surface area contributed by atoms with E-state index >= 15 is 0 Å². The number of nitrogen functional groups attached to an aromatic ring is 2. The number of nitrogens with two attached hydrogens (primary N) is 2. The summed E-state index contributed by atoms with van der Waals surface area (Å²) in [5.41, 5.74) is 13.0. The standard InChI is InChI=1S/2C19H24N6O5S2.2ClH.H2O/c2*1-25(5-3-4-6-25)7-10-8-31-17-13(16(27)24(17)14(10)18(28)29)22-15(26)12(23-30-2)11-9-32-19(20)21-11;;;/h2*9,13,17H,3-8H2,1-2H3,(H3-,20,21,22,26,28,29);2*1H;1H2/b2*23-12-;;;/t2*13-,17-;;;/m11.../s1. The number of amides is 4. The summed E-state index contributed by atoms with van der Waals surface area (Å²) in [4.78, 5) is 95.6. The first kappa shape index (κ1) is 54.9. The lowest BCUT2D eigenvalue weighted by Crippen LogP contribution is -3.00. The molecular formula is C38H52Cl2N12O11S4. The van der Waals surface area contributed by atoms with Gasteiger partial charge in [0.2, 0.25) is 0 Å². The number of hydrogen-bond donors (Lipinski definition) is 5. The molecule has 4 atom stereocenters. The number of nitrogens with zero attached hydrogens (tertiary/aromatic N) is 8. The number of fused-ring (bicyclic) bond motifs is 2. The predicted octanol–water partition coefficient (Wildman–Crippen LogP) is -4.62. The van der Waals surface area contributed by atoms with Crippen LogP contribution in [0.1, 0.15) is 37.1 Å². The summed E-state index contributed by atoms with van der Waals surface area (Å²) in [5, 5.41) is 37.2. The zero-order valence-electron chi connectivity index (χ0n) is 36.7. The molecule has 4 fully saturated rings. The third-order valence-electron chi connectivity index (χ3n) is 11.8. The minimum Gasteiger partial charge on any atom is -1.00 e. The Balaban J connectivity index is 0.000000280. The predicted molar refractivity (Wildman–Crippen MR) is 248 cm³/mol. The first-order valence-electron chi connectivity index (χ1n) is 20.2. The number of oxime groups is 2. The van der Waals surface area contributed by atoms with Gasteiger partial charge in [-0.1, -0.05) is 10.3 Å². The van der Waals surface area contributed by atoms with Crippen molar-refractivity contribution in [1.82, 2.24) is 30.4 Å². The largest absolute Gasteiger partial charge is 1.00 e. The van der Waals surface area contributed by atoms with Gasteiger partial charge in [-0.05, 0) is 0 Å². The number of aromatic nitrogens is 2. The number of β-lactam (4-membered cyclic amide) rings is 2. The third kappa shape index (κ3) is 11.4. The molecule has 2 aromatic rings. The third-order valence-corrected chi connectivity index (χ3v) is 15.9. The van der Waals surface area contributed by atoms with Gasteiger partial charge in [0.25, 0.3) is 23.6 Å². The molecule has 0 unspecified atom stereocenters. The average molecular weight is 1050 g/mol. The van der Waals surface area contributed by atoms with Crippen LogP contribution in [-0.2, 0) is 38.4 Å².